The van der Waals surface area contributed by atoms with Crippen LogP contribution in [0.4, 0.5) is 13.6 Å². The van der Waals surface area contributed by atoms with E-state index in [9.17, 15) is 18.0 Å². The number of nitrogens with one attached hydrogen (secondary N) is 2. The van der Waals surface area contributed by atoms with E-state index in [-0.39, 0.29) is 48.7 Å². The molecule has 13 heteroatoms. The quantitative estimate of drug-likeness (QED) is 0.448. The molecule has 3 amide bonds. The first-order chi connectivity index (χ1) is 20.5. The third kappa shape index (κ3) is 4.65. The highest BCUT2D eigenvalue weighted by Crippen LogP contribution is 2.52. The topological polar surface area (TPSA) is 111 Å². The van der Waals surface area contributed by atoms with Crippen LogP contribution in [0, 0.1) is 23.7 Å². The Balaban J connectivity index is 1.38. The molecule has 2 saturated carbocycles. The van der Waals surface area contributed by atoms with Crippen LogP contribution in [0.5, 0.6) is 0 Å². The molecule has 0 aromatic rings. The number of hydrogen-bond donors (Lipinski definition) is 2. The SMILES string of the molecule is C=CC(=O)N1CCN2C(C1)CS(=O)(=O)C1C(F)C3CC4C1C2NC(=O)N4C1C(CCNC1C(C)C)OC1CCCC(F)C13. The van der Waals surface area contributed by atoms with Gasteiger partial charge >= 0.3 is 6.03 Å². The zero-order valence-corrected chi connectivity index (χ0v) is 25.8. The predicted octanol–water partition coefficient (Wildman–Crippen LogP) is 1.47. The van der Waals surface area contributed by atoms with Gasteiger partial charge in [0.15, 0.2) is 9.84 Å². The minimum Gasteiger partial charge on any atom is -0.372 e. The molecule has 2 bridgehead atoms. The Morgan fingerprint density at radius 1 is 1.14 bits per heavy atom. The molecule has 0 radical (unpaired) electrons. The number of sulfone groups is 1. The number of halogens is 2. The normalized spacial score (nSPS) is 47.5. The van der Waals surface area contributed by atoms with Crippen molar-refractivity contribution in [2.75, 3.05) is 31.9 Å². The van der Waals surface area contributed by atoms with E-state index in [0.29, 0.717) is 45.3 Å². The molecule has 10 nitrogen and oxygen atoms in total. The Bertz CT molecular complexity index is 1260. The van der Waals surface area contributed by atoms with E-state index >= 15 is 8.78 Å². The smallest absolute Gasteiger partial charge is 0.319 e. The third-order valence-electron chi connectivity index (χ3n) is 11.8. The fourth-order valence-corrected chi connectivity index (χ4v) is 12.5. The number of fused-ring (bicyclic) bond motifs is 7. The maximum atomic E-state index is 17.2. The molecule has 7 rings (SSSR count). The molecule has 0 spiro atoms. The number of carbonyl (C=O) groups is 2. The molecule has 7 fully saturated rings. The summed E-state index contributed by atoms with van der Waals surface area (Å²) in [5.74, 6) is -2.85. The van der Waals surface area contributed by atoms with E-state index in [1.165, 1.54) is 6.08 Å². The summed E-state index contributed by atoms with van der Waals surface area (Å²) in [4.78, 5) is 32.2. The maximum absolute atomic E-state index is 17.2. The zero-order valence-electron chi connectivity index (χ0n) is 25.0. The largest absolute Gasteiger partial charge is 0.372 e. The number of hydrogen-bond acceptors (Lipinski definition) is 7. The van der Waals surface area contributed by atoms with Gasteiger partial charge in [-0.05, 0) is 50.6 Å². The van der Waals surface area contributed by atoms with Gasteiger partial charge in [0.1, 0.15) is 17.6 Å². The second-order valence-corrected chi connectivity index (χ2v) is 16.4. The summed E-state index contributed by atoms with van der Waals surface area (Å²) in [6.07, 6.45) is -1.10. The van der Waals surface area contributed by atoms with Gasteiger partial charge in [0.05, 0.1) is 30.2 Å². The van der Waals surface area contributed by atoms with Crippen LogP contribution in [0.1, 0.15) is 46.0 Å². The molecule has 5 aliphatic heterocycles. The van der Waals surface area contributed by atoms with Gasteiger partial charge in [-0.25, -0.2) is 22.0 Å². The van der Waals surface area contributed by atoms with Crippen LogP contribution in [0.2, 0.25) is 0 Å². The summed E-state index contributed by atoms with van der Waals surface area (Å²) < 4.78 is 68.6. The Labute approximate surface area is 252 Å². The Kier molecular flexibility index (Phi) is 7.57. The van der Waals surface area contributed by atoms with E-state index in [4.69, 9.17) is 4.74 Å². The summed E-state index contributed by atoms with van der Waals surface area (Å²) in [6, 6.07) is -2.02. The van der Waals surface area contributed by atoms with Crippen LogP contribution < -0.4 is 10.6 Å². The van der Waals surface area contributed by atoms with Gasteiger partial charge in [0, 0.05) is 55.5 Å². The number of carbonyl (C=O) groups excluding carboxylic acids is 2. The summed E-state index contributed by atoms with van der Waals surface area (Å²) in [7, 11) is -4.07. The molecule has 2 N–H and O–H groups in total. The lowest BCUT2D eigenvalue weighted by Gasteiger charge is -2.59. The van der Waals surface area contributed by atoms with Crippen LogP contribution in [0.25, 0.3) is 0 Å². The molecule has 7 aliphatic rings. The molecule has 2 aliphatic carbocycles. The standard InChI is InChI=1S/C30H45F2N5O5S/c1-4-22(38)35-10-11-36-16(13-35)14-43(40,41)28-24-19-12-17(25(28)32)23-18(31)6-5-7-20(23)42-21-8-9-33-26(15(2)3)27(21)37(19)30(39)34-29(24)36/h4,15-21,23-29,33H,1,5-14H2,2-3H3,(H,34,39). The van der Waals surface area contributed by atoms with Crippen molar-refractivity contribution in [1.82, 2.24) is 25.3 Å². The average Bonchev–Trinajstić information content (AvgIpc) is 3.01. The zero-order chi connectivity index (χ0) is 30.4. The van der Waals surface area contributed by atoms with Gasteiger partial charge in [-0.3, -0.25) is 9.69 Å². The van der Waals surface area contributed by atoms with Gasteiger partial charge in [-0.1, -0.05) is 20.4 Å². The van der Waals surface area contributed by atoms with Crippen LogP contribution in [-0.2, 0) is 19.4 Å². The van der Waals surface area contributed by atoms with Crippen LogP contribution >= 0.6 is 0 Å². The number of urea groups is 1. The highest BCUT2D eigenvalue weighted by Gasteiger charge is 2.66. The molecular formula is C30H45F2N5O5S. The van der Waals surface area contributed by atoms with Crippen LogP contribution in [0.3, 0.4) is 0 Å². The van der Waals surface area contributed by atoms with Gasteiger partial charge in [0.2, 0.25) is 5.91 Å². The van der Waals surface area contributed by atoms with E-state index < -0.39 is 75.6 Å². The average molecular weight is 626 g/mol. The third-order valence-corrected chi connectivity index (χ3v) is 14.0. The molecule has 5 heterocycles. The number of ether oxygens (including phenoxy) is 1. The lowest BCUT2D eigenvalue weighted by molar-refractivity contribution is -0.131. The molecule has 5 saturated heterocycles. The van der Waals surface area contributed by atoms with Crippen molar-refractivity contribution in [3.8, 4) is 0 Å². The molecule has 13 unspecified atom stereocenters. The number of nitrogens with zero attached hydrogens (tertiary/aromatic N) is 3. The van der Waals surface area contributed by atoms with Gasteiger partial charge in [0.25, 0.3) is 0 Å². The Morgan fingerprint density at radius 2 is 1.93 bits per heavy atom. The fraction of sp³-hybridized carbons (Fsp3) is 0.867. The summed E-state index contributed by atoms with van der Waals surface area (Å²) in [5.41, 5.74) is 0. The number of rotatable bonds is 2. The van der Waals surface area contributed by atoms with Crippen LogP contribution in [-0.4, -0.2) is 127 Å². The molecule has 240 valence electrons. The Hall–Kier alpha value is -1.83. The first-order valence-corrected chi connectivity index (χ1v) is 17.9. The molecular weight excluding hydrogens is 580 g/mol. The Morgan fingerprint density at radius 3 is 2.67 bits per heavy atom. The minimum atomic E-state index is -4.07. The van der Waals surface area contributed by atoms with E-state index in [0.717, 1.165) is 0 Å². The fourth-order valence-electron chi connectivity index (χ4n) is 10.0. The summed E-state index contributed by atoms with van der Waals surface area (Å²) in [6.45, 7) is 9.30. The second kappa shape index (κ2) is 10.9. The highest BCUT2D eigenvalue weighted by molar-refractivity contribution is 7.92. The number of alkyl halides is 2. The van der Waals surface area contributed by atoms with Crippen LogP contribution in [0.15, 0.2) is 12.7 Å². The van der Waals surface area contributed by atoms with Gasteiger partial charge in [-0.15, -0.1) is 0 Å². The van der Waals surface area contributed by atoms with Crippen molar-refractivity contribution < 1.29 is 31.5 Å². The van der Waals surface area contributed by atoms with E-state index in [1.807, 2.05) is 4.90 Å². The predicted molar refractivity (Wildman–Crippen MR) is 155 cm³/mol. The van der Waals surface area contributed by atoms with Gasteiger partial charge < -0.3 is 25.2 Å². The van der Waals surface area contributed by atoms with Crippen molar-refractivity contribution in [2.24, 2.45) is 23.7 Å². The highest BCUT2D eigenvalue weighted by atomic mass is 32.2. The molecule has 0 aromatic heterocycles. The van der Waals surface area contributed by atoms with Crippen molar-refractivity contribution >= 4 is 21.8 Å². The number of piperidine rings is 1. The minimum absolute atomic E-state index is 0.119. The van der Waals surface area contributed by atoms with Crippen molar-refractivity contribution in [1.29, 1.82) is 0 Å². The lowest BCUT2D eigenvalue weighted by atomic mass is 9.64. The monoisotopic (exact) mass is 625 g/mol. The first-order valence-electron chi connectivity index (χ1n) is 16.2. The lowest BCUT2D eigenvalue weighted by Crippen LogP contribution is -2.77. The number of piperazine rings is 1. The number of amides is 3. The molecule has 43 heavy (non-hydrogen) atoms. The van der Waals surface area contributed by atoms with Gasteiger partial charge in [-0.2, -0.15) is 0 Å². The second-order valence-electron chi connectivity index (χ2n) is 14.2. The maximum Gasteiger partial charge on any atom is 0.319 e. The molecule has 13 atom stereocenters. The first kappa shape index (κ1) is 29.9. The van der Waals surface area contributed by atoms with Crippen molar-refractivity contribution in [2.45, 2.75) is 106 Å². The summed E-state index contributed by atoms with van der Waals surface area (Å²) in [5, 5.41) is 5.37. The van der Waals surface area contributed by atoms with Crippen molar-refractivity contribution in [3.63, 3.8) is 0 Å². The summed E-state index contributed by atoms with van der Waals surface area (Å²) >= 11 is 0. The van der Waals surface area contributed by atoms with E-state index in [1.54, 1.807) is 9.80 Å². The molecule has 0 aromatic carbocycles. The van der Waals surface area contributed by atoms with Crippen molar-refractivity contribution in [3.05, 3.63) is 12.7 Å². The van der Waals surface area contributed by atoms with E-state index in [2.05, 4.69) is 31.1 Å².